The predicted molar refractivity (Wildman–Crippen MR) is 84.9 cm³/mol. The van der Waals surface area contributed by atoms with Crippen LogP contribution in [0.3, 0.4) is 0 Å². The van der Waals surface area contributed by atoms with E-state index in [1.807, 2.05) is 36.4 Å². The first-order valence-electron chi connectivity index (χ1n) is 7.65. The standard InChI is InChI=1S/C18H22N2O/c1-20-12-5-3-10-17(20)18(21)15-8-6-7-14(13-15)16-9-2-4-11-19-16/h2,4,6-9,11,13,17-18,21H,3,5,10,12H2,1H3/t17-,18?/m0/s1. The summed E-state index contributed by atoms with van der Waals surface area (Å²) >= 11 is 0. The van der Waals surface area contributed by atoms with E-state index in [4.69, 9.17) is 0 Å². The van der Waals surface area contributed by atoms with Crippen LogP contribution in [-0.2, 0) is 0 Å². The van der Waals surface area contributed by atoms with E-state index < -0.39 is 6.10 Å². The number of benzene rings is 1. The Morgan fingerprint density at radius 2 is 2.10 bits per heavy atom. The van der Waals surface area contributed by atoms with Gasteiger partial charge in [-0.15, -0.1) is 0 Å². The molecule has 1 fully saturated rings. The van der Waals surface area contributed by atoms with Crippen LogP contribution < -0.4 is 0 Å². The zero-order valence-electron chi connectivity index (χ0n) is 12.4. The van der Waals surface area contributed by atoms with Crippen LogP contribution in [0.5, 0.6) is 0 Å². The summed E-state index contributed by atoms with van der Waals surface area (Å²) in [7, 11) is 2.11. The van der Waals surface area contributed by atoms with Crippen LogP contribution in [0.15, 0.2) is 48.7 Å². The Kier molecular flexibility index (Phi) is 4.32. The first-order valence-corrected chi connectivity index (χ1v) is 7.65. The maximum absolute atomic E-state index is 10.7. The van der Waals surface area contributed by atoms with Crippen molar-refractivity contribution in [3.63, 3.8) is 0 Å². The van der Waals surface area contributed by atoms with Crippen molar-refractivity contribution < 1.29 is 5.11 Å². The molecule has 1 aromatic carbocycles. The van der Waals surface area contributed by atoms with Crippen molar-refractivity contribution in [1.29, 1.82) is 0 Å². The molecule has 0 amide bonds. The molecule has 0 radical (unpaired) electrons. The van der Waals surface area contributed by atoms with E-state index in [9.17, 15) is 5.11 Å². The fourth-order valence-electron chi connectivity index (χ4n) is 3.14. The van der Waals surface area contributed by atoms with Gasteiger partial charge >= 0.3 is 0 Å². The molecule has 1 unspecified atom stereocenters. The van der Waals surface area contributed by atoms with E-state index in [1.54, 1.807) is 6.20 Å². The number of nitrogens with zero attached hydrogens (tertiary/aromatic N) is 2. The van der Waals surface area contributed by atoms with E-state index in [0.29, 0.717) is 0 Å². The number of likely N-dealkylation sites (N-methyl/N-ethyl adjacent to an activating group) is 1. The zero-order chi connectivity index (χ0) is 14.7. The Hall–Kier alpha value is -1.71. The first-order chi connectivity index (χ1) is 10.3. The smallest absolute Gasteiger partial charge is 0.0945 e. The second-order valence-corrected chi connectivity index (χ2v) is 5.83. The van der Waals surface area contributed by atoms with Crippen molar-refractivity contribution in [1.82, 2.24) is 9.88 Å². The lowest BCUT2D eigenvalue weighted by Crippen LogP contribution is -2.40. The molecular formula is C18H22N2O. The second kappa shape index (κ2) is 6.37. The first kappa shape index (κ1) is 14.2. The molecule has 0 saturated carbocycles. The van der Waals surface area contributed by atoms with Crippen molar-refractivity contribution >= 4 is 0 Å². The molecule has 110 valence electrons. The summed E-state index contributed by atoms with van der Waals surface area (Å²) in [4.78, 5) is 6.66. The molecule has 1 aromatic heterocycles. The maximum atomic E-state index is 10.7. The van der Waals surface area contributed by atoms with Crippen LogP contribution in [0.2, 0.25) is 0 Å². The fraction of sp³-hybridized carbons (Fsp3) is 0.389. The number of hydrogen-bond donors (Lipinski definition) is 1. The second-order valence-electron chi connectivity index (χ2n) is 5.83. The van der Waals surface area contributed by atoms with Crippen molar-refractivity contribution in [2.24, 2.45) is 0 Å². The van der Waals surface area contributed by atoms with Crippen LogP contribution in [0, 0.1) is 0 Å². The largest absolute Gasteiger partial charge is 0.387 e. The summed E-state index contributed by atoms with van der Waals surface area (Å²) in [5, 5.41) is 10.7. The Morgan fingerprint density at radius 3 is 2.86 bits per heavy atom. The molecule has 21 heavy (non-hydrogen) atoms. The van der Waals surface area contributed by atoms with Gasteiger partial charge < -0.3 is 10.0 Å². The average Bonchev–Trinajstić information content (AvgIpc) is 2.56. The van der Waals surface area contributed by atoms with E-state index in [0.717, 1.165) is 29.8 Å². The van der Waals surface area contributed by atoms with Crippen molar-refractivity contribution in [3.8, 4) is 11.3 Å². The zero-order valence-corrected chi connectivity index (χ0v) is 12.4. The summed E-state index contributed by atoms with van der Waals surface area (Å²) in [6, 6.07) is 14.2. The number of aromatic nitrogens is 1. The van der Waals surface area contributed by atoms with Gasteiger partial charge in [0.15, 0.2) is 0 Å². The number of likely N-dealkylation sites (tertiary alicyclic amines) is 1. The van der Waals surface area contributed by atoms with Gasteiger partial charge in [0, 0.05) is 17.8 Å². The average molecular weight is 282 g/mol. The molecule has 3 heteroatoms. The van der Waals surface area contributed by atoms with E-state index >= 15 is 0 Å². The molecule has 2 aromatic rings. The van der Waals surface area contributed by atoms with Crippen LogP contribution in [0.4, 0.5) is 0 Å². The normalized spacial score (nSPS) is 21.1. The van der Waals surface area contributed by atoms with Gasteiger partial charge in [0.05, 0.1) is 11.8 Å². The van der Waals surface area contributed by atoms with Gasteiger partial charge in [0.1, 0.15) is 0 Å². The van der Waals surface area contributed by atoms with Gasteiger partial charge in [-0.05, 0) is 50.2 Å². The highest BCUT2D eigenvalue weighted by atomic mass is 16.3. The summed E-state index contributed by atoms with van der Waals surface area (Å²) < 4.78 is 0. The Labute approximate surface area is 126 Å². The minimum atomic E-state index is -0.432. The lowest BCUT2D eigenvalue weighted by molar-refractivity contribution is 0.0403. The van der Waals surface area contributed by atoms with Crippen LogP contribution >= 0.6 is 0 Å². The highest BCUT2D eigenvalue weighted by molar-refractivity contribution is 5.59. The van der Waals surface area contributed by atoms with Gasteiger partial charge in [0.2, 0.25) is 0 Å². The lowest BCUT2D eigenvalue weighted by atomic mass is 9.92. The van der Waals surface area contributed by atoms with E-state index in [1.165, 1.54) is 12.8 Å². The van der Waals surface area contributed by atoms with Gasteiger partial charge in [-0.3, -0.25) is 4.98 Å². The van der Waals surface area contributed by atoms with Gasteiger partial charge in [0.25, 0.3) is 0 Å². The molecule has 0 bridgehead atoms. The Balaban J connectivity index is 1.85. The Morgan fingerprint density at radius 1 is 1.19 bits per heavy atom. The third-order valence-electron chi connectivity index (χ3n) is 4.38. The fourth-order valence-corrected chi connectivity index (χ4v) is 3.14. The van der Waals surface area contributed by atoms with Gasteiger partial charge in [-0.2, -0.15) is 0 Å². The molecule has 3 rings (SSSR count). The molecule has 1 aliphatic rings. The summed E-state index contributed by atoms with van der Waals surface area (Å²) in [6.07, 6.45) is 4.86. The maximum Gasteiger partial charge on any atom is 0.0945 e. The summed E-state index contributed by atoms with van der Waals surface area (Å²) in [5.74, 6) is 0. The minimum Gasteiger partial charge on any atom is -0.387 e. The molecular weight excluding hydrogens is 260 g/mol. The van der Waals surface area contributed by atoms with Crippen molar-refractivity contribution in [3.05, 3.63) is 54.2 Å². The predicted octanol–water partition coefficient (Wildman–Crippen LogP) is 3.27. The van der Waals surface area contributed by atoms with Gasteiger partial charge in [-0.1, -0.05) is 30.7 Å². The molecule has 1 saturated heterocycles. The van der Waals surface area contributed by atoms with Crippen molar-refractivity contribution in [2.45, 2.75) is 31.4 Å². The quantitative estimate of drug-likeness (QED) is 0.938. The monoisotopic (exact) mass is 282 g/mol. The molecule has 3 nitrogen and oxygen atoms in total. The highest BCUT2D eigenvalue weighted by Crippen LogP contribution is 2.29. The Bertz CT molecular complexity index is 585. The number of pyridine rings is 1. The van der Waals surface area contributed by atoms with Crippen LogP contribution in [-0.4, -0.2) is 34.6 Å². The third-order valence-corrected chi connectivity index (χ3v) is 4.38. The molecule has 0 spiro atoms. The molecule has 2 atom stereocenters. The number of aliphatic hydroxyl groups excluding tert-OH is 1. The summed E-state index contributed by atoms with van der Waals surface area (Å²) in [5.41, 5.74) is 2.99. The minimum absolute atomic E-state index is 0.220. The van der Waals surface area contributed by atoms with Crippen LogP contribution in [0.25, 0.3) is 11.3 Å². The summed E-state index contributed by atoms with van der Waals surface area (Å²) in [6.45, 7) is 1.07. The molecule has 0 aliphatic carbocycles. The SMILES string of the molecule is CN1CCCC[C@H]1C(O)c1cccc(-c2ccccn2)c1. The third kappa shape index (κ3) is 3.14. The number of rotatable bonds is 3. The topological polar surface area (TPSA) is 36.4 Å². The van der Waals surface area contributed by atoms with Crippen LogP contribution in [0.1, 0.15) is 30.9 Å². The lowest BCUT2D eigenvalue weighted by Gasteiger charge is -2.36. The van der Waals surface area contributed by atoms with E-state index in [2.05, 4.69) is 23.0 Å². The number of hydrogen-bond acceptors (Lipinski definition) is 3. The number of piperidine rings is 1. The molecule has 1 aliphatic heterocycles. The highest BCUT2D eigenvalue weighted by Gasteiger charge is 2.27. The van der Waals surface area contributed by atoms with Gasteiger partial charge in [-0.25, -0.2) is 0 Å². The van der Waals surface area contributed by atoms with E-state index in [-0.39, 0.29) is 6.04 Å². The molecule has 1 N–H and O–H groups in total. The molecule has 2 heterocycles. The van der Waals surface area contributed by atoms with Crippen molar-refractivity contribution in [2.75, 3.05) is 13.6 Å². The number of aliphatic hydroxyl groups is 1.